The van der Waals surface area contributed by atoms with E-state index in [1.165, 1.54) is 11.4 Å². The smallest absolute Gasteiger partial charge is 0.261 e. The van der Waals surface area contributed by atoms with Gasteiger partial charge < -0.3 is 14.8 Å². The summed E-state index contributed by atoms with van der Waals surface area (Å²) in [6.45, 7) is 3.13. The molecule has 7 nitrogen and oxygen atoms in total. The van der Waals surface area contributed by atoms with E-state index in [2.05, 4.69) is 5.32 Å². The van der Waals surface area contributed by atoms with Gasteiger partial charge in [0, 0.05) is 20.2 Å². The monoisotopic (exact) mass is 370 g/mol. The number of hydrogen-bond donors (Lipinski definition) is 1. The molecule has 1 aromatic carbocycles. The van der Waals surface area contributed by atoms with E-state index in [1.54, 1.807) is 24.3 Å². The van der Waals surface area contributed by atoms with Crippen molar-refractivity contribution >= 4 is 21.6 Å². The van der Waals surface area contributed by atoms with Crippen LogP contribution in [-0.2, 0) is 19.6 Å². The standard InChI is InChI=1S/C17H26N2O5S/c1-4-16(17(20)18-12-15-6-5-11-23-15)24-14-9-7-13(8-10-14)19(2)25(3,21)22/h7-10,15-16H,4-6,11-12H2,1-3H3,(H,18,20). The van der Waals surface area contributed by atoms with Gasteiger partial charge in [-0.2, -0.15) is 0 Å². The number of sulfonamides is 1. The third kappa shape index (κ3) is 5.61. The highest BCUT2D eigenvalue weighted by Gasteiger charge is 2.21. The average molecular weight is 370 g/mol. The van der Waals surface area contributed by atoms with Gasteiger partial charge in [0.2, 0.25) is 10.0 Å². The van der Waals surface area contributed by atoms with Crippen molar-refractivity contribution in [2.24, 2.45) is 0 Å². The molecule has 0 saturated carbocycles. The molecule has 1 amide bonds. The minimum absolute atomic E-state index is 0.0901. The van der Waals surface area contributed by atoms with Crippen molar-refractivity contribution in [3.8, 4) is 5.75 Å². The first kappa shape index (κ1) is 19.5. The number of amides is 1. The zero-order valence-corrected chi connectivity index (χ0v) is 15.7. The summed E-state index contributed by atoms with van der Waals surface area (Å²) in [5, 5.41) is 2.87. The van der Waals surface area contributed by atoms with Crippen LogP contribution >= 0.6 is 0 Å². The van der Waals surface area contributed by atoms with Crippen molar-refractivity contribution in [3.63, 3.8) is 0 Å². The quantitative estimate of drug-likeness (QED) is 0.750. The molecule has 2 atom stereocenters. The Morgan fingerprint density at radius 3 is 2.60 bits per heavy atom. The maximum absolute atomic E-state index is 12.3. The number of anilines is 1. The van der Waals surface area contributed by atoms with Crippen molar-refractivity contribution < 1.29 is 22.7 Å². The second kappa shape index (κ2) is 8.53. The second-order valence-corrected chi connectivity index (χ2v) is 8.13. The summed E-state index contributed by atoms with van der Waals surface area (Å²) in [6, 6.07) is 6.61. The Kier molecular flexibility index (Phi) is 6.66. The van der Waals surface area contributed by atoms with Gasteiger partial charge in [0.25, 0.3) is 5.91 Å². The Hall–Kier alpha value is -1.80. The lowest BCUT2D eigenvalue weighted by molar-refractivity contribution is -0.128. The molecule has 1 saturated heterocycles. The predicted octanol–water partition coefficient (Wildman–Crippen LogP) is 1.53. The van der Waals surface area contributed by atoms with Crippen LogP contribution in [0.1, 0.15) is 26.2 Å². The first-order valence-corrected chi connectivity index (χ1v) is 10.3. The van der Waals surface area contributed by atoms with Gasteiger partial charge in [-0.3, -0.25) is 9.10 Å². The molecule has 25 heavy (non-hydrogen) atoms. The number of ether oxygens (including phenoxy) is 2. The molecule has 140 valence electrons. The Balaban J connectivity index is 1.92. The largest absolute Gasteiger partial charge is 0.481 e. The summed E-state index contributed by atoms with van der Waals surface area (Å²) in [5.41, 5.74) is 0.533. The number of nitrogens with zero attached hydrogens (tertiary/aromatic N) is 1. The van der Waals surface area contributed by atoms with Gasteiger partial charge in [-0.1, -0.05) is 6.92 Å². The fourth-order valence-electron chi connectivity index (χ4n) is 2.55. The van der Waals surface area contributed by atoms with Gasteiger partial charge in [-0.05, 0) is 43.5 Å². The summed E-state index contributed by atoms with van der Waals surface area (Å²) >= 11 is 0. The van der Waals surface area contributed by atoms with Crippen LogP contribution in [0.5, 0.6) is 5.75 Å². The molecule has 0 aromatic heterocycles. The lowest BCUT2D eigenvalue weighted by atomic mass is 10.2. The molecule has 0 radical (unpaired) electrons. The van der Waals surface area contributed by atoms with E-state index >= 15 is 0 Å². The minimum atomic E-state index is -3.31. The summed E-state index contributed by atoms with van der Waals surface area (Å²) in [4.78, 5) is 12.3. The molecule has 1 aliphatic rings. The lowest BCUT2D eigenvalue weighted by Gasteiger charge is -2.20. The zero-order valence-electron chi connectivity index (χ0n) is 14.9. The highest BCUT2D eigenvalue weighted by molar-refractivity contribution is 7.92. The van der Waals surface area contributed by atoms with Crippen LogP contribution in [0.25, 0.3) is 0 Å². The van der Waals surface area contributed by atoms with Crippen molar-refractivity contribution in [2.75, 3.05) is 30.8 Å². The minimum Gasteiger partial charge on any atom is -0.481 e. The van der Waals surface area contributed by atoms with Crippen LogP contribution in [0.4, 0.5) is 5.69 Å². The molecule has 2 unspecified atom stereocenters. The van der Waals surface area contributed by atoms with Crippen LogP contribution in [0.15, 0.2) is 24.3 Å². The van der Waals surface area contributed by atoms with E-state index in [9.17, 15) is 13.2 Å². The number of hydrogen-bond acceptors (Lipinski definition) is 5. The van der Waals surface area contributed by atoms with E-state index in [1.807, 2.05) is 6.92 Å². The van der Waals surface area contributed by atoms with Crippen molar-refractivity contribution in [3.05, 3.63) is 24.3 Å². The van der Waals surface area contributed by atoms with Gasteiger partial charge in [-0.15, -0.1) is 0 Å². The maximum Gasteiger partial charge on any atom is 0.261 e. The van der Waals surface area contributed by atoms with E-state index in [0.29, 0.717) is 24.4 Å². The van der Waals surface area contributed by atoms with E-state index in [0.717, 1.165) is 25.7 Å². The van der Waals surface area contributed by atoms with Crippen LogP contribution in [-0.4, -0.2) is 53.0 Å². The molecule has 0 spiro atoms. The first-order valence-electron chi connectivity index (χ1n) is 8.41. The number of benzene rings is 1. The molecule has 0 aliphatic carbocycles. The van der Waals surface area contributed by atoms with Gasteiger partial charge in [-0.25, -0.2) is 8.42 Å². The fourth-order valence-corrected chi connectivity index (χ4v) is 3.05. The Bertz CT molecular complexity index is 669. The molecule has 1 aromatic rings. The lowest BCUT2D eigenvalue weighted by Crippen LogP contribution is -2.41. The number of carbonyl (C=O) groups is 1. The third-order valence-electron chi connectivity index (χ3n) is 4.17. The highest BCUT2D eigenvalue weighted by atomic mass is 32.2. The molecular weight excluding hydrogens is 344 g/mol. The molecular formula is C17H26N2O5S. The maximum atomic E-state index is 12.3. The van der Waals surface area contributed by atoms with Crippen molar-refractivity contribution in [2.45, 2.75) is 38.4 Å². The van der Waals surface area contributed by atoms with E-state index < -0.39 is 16.1 Å². The number of carbonyl (C=O) groups excluding carboxylic acids is 1. The van der Waals surface area contributed by atoms with Crippen LogP contribution in [0.2, 0.25) is 0 Å². The fraction of sp³-hybridized carbons (Fsp3) is 0.588. The van der Waals surface area contributed by atoms with Gasteiger partial charge in [0.05, 0.1) is 18.0 Å². The van der Waals surface area contributed by atoms with E-state index in [4.69, 9.17) is 9.47 Å². The average Bonchev–Trinajstić information content (AvgIpc) is 3.10. The Morgan fingerprint density at radius 1 is 1.40 bits per heavy atom. The summed E-state index contributed by atoms with van der Waals surface area (Å²) in [7, 11) is -1.82. The number of rotatable bonds is 8. The Morgan fingerprint density at radius 2 is 2.08 bits per heavy atom. The predicted molar refractivity (Wildman–Crippen MR) is 96.4 cm³/mol. The molecule has 1 fully saturated rings. The molecule has 1 heterocycles. The number of nitrogens with one attached hydrogen (secondary N) is 1. The molecule has 0 bridgehead atoms. The van der Waals surface area contributed by atoms with Crippen molar-refractivity contribution in [1.82, 2.24) is 5.32 Å². The van der Waals surface area contributed by atoms with Crippen LogP contribution in [0, 0.1) is 0 Å². The first-order chi connectivity index (χ1) is 11.8. The zero-order chi connectivity index (χ0) is 18.4. The van der Waals surface area contributed by atoms with Crippen LogP contribution in [0.3, 0.4) is 0 Å². The van der Waals surface area contributed by atoms with Gasteiger partial charge >= 0.3 is 0 Å². The van der Waals surface area contributed by atoms with E-state index in [-0.39, 0.29) is 12.0 Å². The third-order valence-corrected chi connectivity index (χ3v) is 5.37. The molecule has 1 aliphatic heterocycles. The summed E-state index contributed by atoms with van der Waals surface area (Å²) in [5.74, 6) is 0.347. The van der Waals surface area contributed by atoms with Crippen molar-refractivity contribution in [1.29, 1.82) is 0 Å². The normalized spacial score (nSPS) is 18.6. The van der Waals surface area contributed by atoms with Gasteiger partial charge in [0.15, 0.2) is 6.10 Å². The summed E-state index contributed by atoms with van der Waals surface area (Å²) in [6.07, 6.45) is 3.16. The second-order valence-electron chi connectivity index (χ2n) is 6.12. The Labute approximate surface area is 149 Å². The topological polar surface area (TPSA) is 84.9 Å². The molecule has 2 rings (SSSR count). The summed E-state index contributed by atoms with van der Waals surface area (Å²) < 4.78 is 35.5. The SMILES string of the molecule is CCC(Oc1ccc(N(C)S(C)(=O)=O)cc1)C(=O)NCC1CCCO1. The highest BCUT2D eigenvalue weighted by Crippen LogP contribution is 2.21. The molecule has 1 N–H and O–H groups in total. The van der Waals surface area contributed by atoms with Gasteiger partial charge in [0.1, 0.15) is 5.75 Å². The molecule has 8 heteroatoms. The van der Waals surface area contributed by atoms with Crippen LogP contribution < -0.4 is 14.4 Å².